The van der Waals surface area contributed by atoms with Crippen LogP contribution in [0.4, 0.5) is 5.69 Å². The van der Waals surface area contributed by atoms with E-state index in [0.29, 0.717) is 12.1 Å². The minimum absolute atomic E-state index is 0.00910. The lowest BCUT2D eigenvalue weighted by atomic mass is 9.99. The van der Waals surface area contributed by atoms with Crippen molar-refractivity contribution in [2.24, 2.45) is 0 Å². The van der Waals surface area contributed by atoms with Gasteiger partial charge in [-0.25, -0.2) is 8.42 Å². The molecule has 0 bridgehead atoms. The number of likely N-dealkylation sites (N-methyl/N-ethyl adjacent to an activating group) is 1. The molecule has 40 heavy (non-hydrogen) atoms. The van der Waals surface area contributed by atoms with Crippen molar-refractivity contribution in [1.82, 2.24) is 4.90 Å². The zero-order valence-electron chi connectivity index (χ0n) is 22.4. The molecule has 0 unspecified atom stereocenters. The summed E-state index contributed by atoms with van der Waals surface area (Å²) in [4.78, 5) is 2.45. The molecule has 0 aliphatic carbocycles. The molecular weight excluding hydrogens is 524 g/mol. The first-order valence-electron chi connectivity index (χ1n) is 13.3. The Hall–Kier alpha value is -3.53. The predicted octanol–water partition coefficient (Wildman–Crippen LogP) is 5.66. The second kappa shape index (κ2) is 12.8. The van der Waals surface area contributed by atoms with Gasteiger partial charge in [-0.15, -0.1) is 0 Å². The number of hydrogen-bond acceptors (Lipinski definition) is 6. The second-order valence-corrected chi connectivity index (χ2v) is 11.8. The lowest BCUT2D eigenvalue weighted by Crippen LogP contribution is -2.37. The molecule has 7 nitrogen and oxygen atoms in total. The minimum Gasteiger partial charge on any atom is -0.392 e. The topological polar surface area (TPSA) is 88.1 Å². The van der Waals surface area contributed by atoms with Crippen LogP contribution in [0.25, 0.3) is 0 Å². The number of benzene rings is 4. The molecule has 0 saturated carbocycles. The Morgan fingerprint density at radius 1 is 0.800 bits per heavy atom. The van der Waals surface area contributed by atoms with Gasteiger partial charge >= 0.3 is 0 Å². The van der Waals surface area contributed by atoms with Crippen LogP contribution >= 0.6 is 0 Å². The van der Waals surface area contributed by atoms with E-state index in [1.807, 2.05) is 54.6 Å². The number of ether oxygens (including phenoxy) is 2. The zero-order valence-corrected chi connectivity index (χ0v) is 23.2. The average molecular weight is 559 g/mol. The fourth-order valence-electron chi connectivity index (χ4n) is 4.86. The number of hydrogen-bond donors (Lipinski definition) is 2. The van der Waals surface area contributed by atoms with Gasteiger partial charge in [-0.1, -0.05) is 84.9 Å². The number of aliphatic hydroxyl groups is 1. The van der Waals surface area contributed by atoms with Crippen LogP contribution in [0.3, 0.4) is 0 Å². The molecule has 2 N–H and O–H groups in total. The van der Waals surface area contributed by atoms with Gasteiger partial charge in [0.05, 0.1) is 23.7 Å². The monoisotopic (exact) mass is 558 g/mol. The van der Waals surface area contributed by atoms with Crippen molar-refractivity contribution in [3.05, 3.63) is 131 Å². The van der Waals surface area contributed by atoms with Crippen LogP contribution in [0.1, 0.15) is 41.1 Å². The van der Waals surface area contributed by atoms with Crippen LogP contribution in [0.15, 0.2) is 114 Å². The maximum atomic E-state index is 12.7. The van der Waals surface area contributed by atoms with E-state index in [-0.39, 0.29) is 23.7 Å². The van der Waals surface area contributed by atoms with Gasteiger partial charge in [0, 0.05) is 30.8 Å². The Morgan fingerprint density at radius 3 is 2.08 bits per heavy atom. The van der Waals surface area contributed by atoms with E-state index in [2.05, 4.69) is 28.8 Å². The summed E-state index contributed by atoms with van der Waals surface area (Å²) in [6.45, 7) is 1.51. The molecule has 1 heterocycles. The van der Waals surface area contributed by atoms with Crippen LogP contribution in [-0.4, -0.2) is 38.1 Å². The van der Waals surface area contributed by atoms with Crippen LogP contribution in [0.5, 0.6) is 0 Å². The van der Waals surface area contributed by atoms with Crippen molar-refractivity contribution >= 4 is 15.7 Å². The van der Waals surface area contributed by atoms with Crippen molar-refractivity contribution in [3.63, 3.8) is 0 Å². The lowest BCUT2D eigenvalue weighted by molar-refractivity contribution is -0.252. The van der Waals surface area contributed by atoms with E-state index >= 15 is 0 Å². The van der Waals surface area contributed by atoms with Gasteiger partial charge in [-0.2, -0.15) is 0 Å². The fourth-order valence-corrected chi connectivity index (χ4v) is 5.94. The number of rotatable bonds is 10. The molecule has 8 heteroatoms. The molecule has 4 aromatic rings. The van der Waals surface area contributed by atoms with Crippen LogP contribution in [0.2, 0.25) is 0 Å². The molecule has 5 rings (SSSR count). The first kappa shape index (κ1) is 28.0. The molecule has 0 spiro atoms. The SMILES string of the molecule is CN(Cc1ccccc1)C[C@@H]1C[C@H](c2ccc(CO)cc2)O[C@H](c2ccc(NS(=O)(=O)c3ccccc3)cc2)O1. The van der Waals surface area contributed by atoms with Gasteiger partial charge in [0.15, 0.2) is 6.29 Å². The van der Waals surface area contributed by atoms with Crippen LogP contribution < -0.4 is 4.72 Å². The summed E-state index contributed by atoms with van der Waals surface area (Å²) >= 11 is 0. The Kier molecular flexibility index (Phi) is 8.94. The van der Waals surface area contributed by atoms with Gasteiger partial charge in [0.1, 0.15) is 0 Å². The maximum absolute atomic E-state index is 12.7. The number of nitrogens with one attached hydrogen (secondary N) is 1. The maximum Gasteiger partial charge on any atom is 0.261 e. The lowest BCUT2D eigenvalue weighted by Gasteiger charge is -2.38. The first-order chi connectivity index (χ1) is 19.4. The highest BCUT2D eigenvalue weighted by Crippen LogP contribution is 2.38. The van der Waals surface area contributed by atoms with Crippen LogP contribution in [-0.2, 0) is 32.6 Å². The molecule has 1 aliphatic rings. The third kappa shape index (κ3) is 7.15. The van der Waals surface area contributed by atoms with Gasteiger partial charge in [-0.05, 0) is 48.0 Å². The highest BCUT2D eigenvalue weighted by molar-refractivity contribution is 7.92. The Balaban J connectivity index is 1.32. The molecule has 208 valence electrons. The van der Waals surface area contributed by atoms with Gasteiger partial charge in [-0.3, -0.25) is 9.62 Å². The van der Waals surface area contributed by atoms with E-state index in [4.69, 9.17) is 9.47 Å². The van der Waals surface area contributed by atoms with Crippen molar-refractivity contribution < 1.29 is 23.0 Å². The van der Waals surface area contributed by atoms with Crippen molar-refractivity contribution in [1.29, 1.82) is 0 Å². The summed E-state index contributed by atoms with van der Waals surface area (Å²) in [5, 5.41) is 9.45. The van der Waals surface area contributed by atoms with Crippen LogP contribution in [0, 0.1) is 0 Å². The molecule has 1 saturated heterocycles. The fraction of sp³-hybridized carbons (Fsp3) is 0.250. The Labute approximate surface area is 236 Å². The molecule has 0 radical (unpaired) electrons. The highest BCUT2D eigenvalue weighted by Gasteiger charge is 2.33. The number of aliphatic hydroxyl groups excluding tert-OH is 1. The third-order valence-corrected chi connectivity index (χ3v) is 8.31. The van der Waals surface area contributed by atoms with E-state index in [9.17, 15) is 13.5 Å². The number of nitrogens with zero attached hydrogens (tertiary/aromatic N) is 1. The summed E-state index contributed by atoms with van der Waals surface area (Å²) in [5.74, 6) is 0. The van der Waals surface area contributed by atoms with E-state index in [1.54, 1.807) is 42.5 Å². The predicted molar refractivity (Wildman–Crippen MR) is 155 cm³/mol. The van der Waals surface area contributed by atoms with Gasteiger partial charge < -0.3 is 14.6 Å². The van der Waals surface area contributed by atoms with Crippen molar-refractivity contribution in [3.8, 4) is 0 Å². The second-order valence-electron chi connectivity index (χ2n) is 10.1. The quantitative estimate of drug-likeness (QED) is 0.261. The minimum atomic E-state index is -3.69. The largest absolute Gasteiger partial charge is 0.392 e. The van der Waals surface area contributed by atoms with Crippen molar-refractivity contribution in [2.45, 2.75) is 43.0 Å². The first-order valence-corrected chi connectivity index (χ1v) is 14.8. The molecule has 3 atom stereocenters. The summed E-state index contributed by atoms with van der Waals surface area (Å²) in [6.07, 6.45) is -0.224. The Morgan fingerprint density at radius 2 is 1.43 bits per heavy atom. The zero-order chi connectivity index (χ0) is 28.0. The van der Waals surface area contributed by atoms with E-state index < -0.39 is 16.3 Å². The summed E-state index contributed by atoms with van der Waals surface area (Å²) in [7, 11) is -1.60. The molecule has 1 aliphatic heterocycles. The smallest absolute Gasteiger partial charge is 0.261 e. The van der Waals surface area contributed by atoms with Gasteiger partial charge in [0.2, 0.25) is 0 Å². The van der Waals surface area contributed by atoms with E-state index in [1.165, 1.54) is 5.56 Å². The van der Waals surface area contributed by atoms with Crippen molar-refractivity contribution in [2.75, 3.05) is 18.3 Å². The standard InChI is InChI=1S/C32H34N2O5S/c1-34(21-24-8-4-2-5-9-24)22-29-20-31(26-14-12-25(23-35)13-15-26)39-32(38-29)27-16-18-28(19-17-27)33-40(36,37)30-10-6-3-7-11-30/h2-19,29,31-33,35H,20-23H2,1H3/t29-,31+,32+/m0/s1. The molecular formula is C32H34N2O5S. The number of anilines is 1. The molecule has 0 amide bonds. The van der Waals surface area contributed by atoms with E-state index in [0.717, 1.165) is 29.8 Å². The molecule has 1 fully saturated rings. The molecule has 4 aromatic carbocycles. The molecule has 0 aromatic heterocycles. The number of sulfonamides is 1. The summed E-state index contributed by atoms with van der Waals surface area (Å²) in [6, 6.07) is 33.5. The Bertz CT molecular complexity index is 1460. The van der Waals surface area contributed by atoms with Gasteiger partial charge in [0.25, 0.3) is 10.0 Å². The normalized spacial score (nSPS) is 19.4. The summed E-state index contributed by atoms with van der Waals surface area (Å²) in [5.41, 5.74) is 4.36. The summed E-state index contributed by atoms with van der Waals surface area (Å²) < 4.78 is 41.0. The third-order valence-electron chi connectivity index (χ3n) is 6.91. The highest BCUT2D eigenvalue weighted by atomic mass is 32.2. The average Bonchev–Trinajstić information content (AvgIpc) is 2.98.